The van der Waals surface area contributed by atoms with Gasteiger partial charge in [-0.1, -0.05) is 29.3 Å². The van der Waals surface area contributed by atoms with Gasteiger partial charge in [0, 0.05) is 49.8 Å². The number of carbonyl (C=O) groups is 2. The molecule has 9 heteroatoms. The Bertz CT molecular complexity index is 1080. The fraction of sp³-hybridized carbons (Fsp3) is 0.348. The number of rotatable bonds is 4. The molecule has 32 heavy (non-hydrogen) atoms. The molecule has 2 fully saturated rings. The molecule has 0 saturated carbocycles. The predicted octanol–water partition coefficient (Wildman–Crippen LogP) is 3.93. The summed E-state index contributed by atoms with van der Waals surface area (Å²) in [6, 6.07) is 10.7. The minimum absolute atomic E-state index is 0.0518. The average Bonchev–Trinajstić information content (AvgIpc) is 3.02. The van der Waals surface area contributed by atoms with Gasteiger partial charge in [0.2, 0.25) is 5.72 Å². The number of benzene rings is 1. The van der Waals surface area contributed by atoms with Gasteiger partial charge in [0.05, 0.1) is 15.7 Å². The van der Waals surface area contributed by atoms with Crippen molar-refractivity contribution in [1.29, 1.82) is 0 Å². The van der Waals surface area contributed by atoms with E-state index >= 15 is 0 Å². The topological polar surface area (TPSA) is 78.0 Å². The van der Waals surface area contributed by atoms with Crippen molar-refractivity contribution in [2.24, 2.45) is 0 Å². The van der Waals surface area contributed by atoms with Crippen LogP contribution in [-0.2, 0) is 25.6 Å². The molecule has 166 valence electrons. The summed E-state index contributed by atoms with van der Waals surface area (Å²) in [6.45, 7) is 0.454. The summed E-state index contributed by atoms with van der Waals surface area (Å²) in [4.78, 5) is 31.5. The van der Waals surface area contributed by atoms with E-state index in [-0.39, 0.29) is 6.04 Å². The molecule has 1 spiro atoms. The summed E-state index contributed by atoms with van der Waals surface area (Å²) in [5.74, 6) is -0.706. The second kappa shape index (κ2) is 8.39. The van der Waals surface area contributed by atoms with Crippen LogP contribution in [0.5, 0.6) is 5.75 Å². The van der Waals surface area contributed by atoms with Gasteiger partial charge in [-0.3, -0.25) is 9.88 Å². The molecule has 2 bridgehead atoms. The molecule has 5 rings (SSSR count). The van der Waals surface area contributed by atoms with Crippen LogP contribution in [0.15, 0.2) is 54.7 Å². The highest BCUT2D eigenvalue weighted by Crippen LogP contribution is 2.48. The van der Waals surface area contributed by atoms with E-state index < -0.39 is 29.9 Å². The number of halogens is 2. The maximum atomic E-state index is 12.5. The standard InChI is InChI=1S/C23H20Cl2N2O5/c24-17-5-4-16(12-18(17)25)30-19-11-15-8-9-23(27(15)13-14-3-1-2-10-26-14)22(19)31-20(28)6-7-21(29)32-23/h1-7,10,12,15,19,22H,8-9,11,13H2/b7-6+. The van der Waals surface area contributed by atoms with Gasteiger partial charge in [0.1, 0.15) is 11.9 Å². The Morgan fingerprint density at radius 2 is 1.97 bits per heavy atom. The molecule has 1 aromatic heterocycles. The molecule has 3 aliphatic heterocycles. The zero-order valence-electron chi connectivity index (χ0n) is 16.9. The van der Waals surface area contributed by atoms with Crippen molar-refractivity contribution in [3.8, 4) is 5.75 Å². The van der Waals surface area contributed by atoms with E-state index in [0.29, 0.717) is 35.2 Å². The summed E-state index contributed by atoms with van der Waals surface area (Å²) >= 11 is 12.2. The van der Waals surface area contributed by atoms with E-state index in [2.05, 4.69) is 9.88 Å². The third kappa shape index (κ3) is 3.85. The first-order valence-corrected chi connectivity index (χ1v) is 11.1. The number of aromatic nitrogens is 1. The fourth-order valence-corrected chi connectivity index (χ4v) is 5.11. The summed E-state index contributed by atoms with van der Waals surface area (Å²) in [5.41, 5.74) is -0.319. The van der Waals surface area contributed by atoms with Gasteiger partial charge in [-0.2, -0.15) is 0 Å². The number of piperidine rings is 1. The van der Waals surface area contributed by atoms with Crippen LogP contribution in [0, 0.1) is 0 Å². The Morgan fingerprint density at radius 3 is 2.75 bits per heavy atom. The molecule has 4 unspecified atom stereocenters. The van der Waals surface area contributed by atoms with Crippen molar-refractivity contribution in [3.63, 3.8) is 0 Å². The highest BCUT2D eigenvalue weighted by atomic mass is 35.5. The molecule has 0 N–H and O–H groups in total. The lowest BCUT2D eigenvalue weighted by atomic mass is 9.92. The Hall–Kier alpha value is -2.61. The molecule has 2 saturated heterocycles. The number of nitrogens with zero attached hydrogens (tertiary/aromatic N) is 2. The van der Waals surface area contributed by atoms with Crippen molar-refractivity contribution in [1.82, 2.24) is 9.88 Å². The minimum atomic E-state index is -1.15. The van der Waals surface area contributed by atoms with Crippen LogP contribution in [0.1, 0.15) is 25.0 Å². The van der Waals surface area contributed by atoms with Crippen molar-refractivity contribution in [3.05, 3.63) is 70.5 Å². The molecule has 4 heterocycles. The van der Waals surface area contributed by atoms with Gasteiger partial charge >= 0.3 is 11.9 Å². The second-order valence-electron chi connectivity index (χ2n) is 8.07. The summed E-state index contributed by atoms with van der Waals surface area (Å²) in [5, 5.41) is 0.774. The lowest BCUT2D eigenvalue weighted by molar-refractivity contribution is -0.247. The maximum Gasteiger partial charge on any atom is 0.332 e. The summed E-state index contributed by atoms with van der Waals surface area (Å²) in [7, 11) is 0. The van der Waals surface area contributed by atoms with Crippen LogP contribution in [0.2, 0.25) is 10.0 Å². The number of hydrogen-bond acceptors (Lipinski definition) is 7. The molecule has 0 radical (unpaired) electrons. The monoisotopic (exact) mass is 474 g/mol. The first-order valence-electron chi connectivity index (χ1n) is 10.3. The number of hydrogen-bond donors (Lipinski definition) is 0. The number of ether oxygens (including phenoxy) is 3. The van der Waals surface area contributed by atoms with E-state index in [1.165, 1.54) is 0 Å². The molecule has 3 aliphatic rings. The summed E-state index contributed by atoms with van der Waals surface area (Å²) in [6.07, 6.45) is 4.39. The molecule has 0 amide bonds. The number of esters is 2. The average molecular weight is 475 g/mol. The number of pyridine rings is 1. The largest absolute Gasteiger partial charge is 0.486 e. The van der Waals surface area contributed by atoms with Crippen molar-refractivity contribution >= 4 is 35.1 Å². The van der Waals surface area contributed by atoms with Gasteiger partial charge < -0.3 is 14.2 Å². The Labute approximate surface area is 194 Å². The normalized spacial score (nSPS) is 30.5. The Morgan fingerprint density at radius 1 is 1.12 bits per heavy atom. The molecule has 2 aromatic rings. The summed E-state index contributed by atoms with van der Waals surface area (Å²) < 4.78 is 18.0. The third-order valence-electron chi connectivity index (χ3n) is 6.16. The highest BCUT2D eigenvalue weighted by Gasteiger charge is 2.63. The molecule has 4 atom stereocenters. The third-order valence-corrected chi connectivity index (χ3v) is 6.90. The Balaban J connectivity index is 1.52. The first kappa shape index (κ1) is 21.2. The number of carbonyl (C=O) groups excluding carboxylic acids is 2. The molecular weight excluding hydrogens is 455 g/mol. The molecule has 1 aromatic carbocycles. The minimum Gasteiger partial charge on any atom is -0.486 e. The van der Waals surface area contributed by atoms with Gasteiger partial charge in [-0.15, -0.1) is 0 Å². The highest BCUT2D eigenvalue weighted by molar-refractivity contribution is 6.42. The van der Waals surface area contributed by atoms with Crippen LogP contribution < -0.4 is 4.74 Å². The SMILES string of the molecule is O=C1/C=C/C(=O)OC23CCC(CC(Oc4ccc(Cl)c(Cl)c4)C2O1)N3Cc1ccccn1. The Kier molecular flexibility index (Phi) is 5.57. The lowest BCUT2D eigenvalue weighted by Gasteiger charge is -2.50. The van der Waals surface area contributed by atoms with E-state index in [4.69, 9.17) is 37.4 Å². The lowest BCUT2D eigenvalue weighted by Crippen LogP contribution is -2.67. The zero-order valence-corrected chi connectivity index (χ0v) is 18.5. The van der Waals surface area contributed by atoms with Gasteiger partial charge in [-0.25, -0.2) is 9.59 Å². The van der Waals surface area contributed by atoms with Crippen LogP contribution in [-0.4, -0.2) is 45.8 Å². The van der Waals surface area contributed by atoms with Gasteiger partial charge in [-0.05, 0) is 30.7 Å². The second-order valence-corrected chi connectivity index (χ2v) is 8.88. The fourth-order valence-electron chi connectivity index (χ4n) is 4.82. The van der Waals surface area contributed by atoms with Crippen LogP contribution in [0.25, 0.3) is 0 Å². The van der Waals surface area contributed by atoms with Crippen molar-refractivity contribution in [2.75, 3.05) is 0 Å². The molecular formula is C23H20Cl2N2O5. The molecule has 7 nitrogen and oxygen atoms in total. The van der Waals surface area contributed by atoms with Crippen LogP contribution in [0.4, 0.5) is 0 Å². The van der Waals surface area contributed by atoms with Crippen molar-refractivity contribution in [2.45, 2.75) is 49.8 Å². The van der Waals surface area contributed by atoms with E-state index in [0.717, 1.165) is 24.3 Å². The maximum absolute atomic E-state index is 12.5. The molecule has 0 aliphatic carbocycles. The van der Waals surface area contributed by atoms with Gasteiger partial charge in [0.25, 0.3) is 0 Å². The van der Waals surface area contributed by atoms with E-state index in [1.807, 2.05) is 18.2 Å². The number of fused-ring (bicyclic) bond motifs is 1. The van der Waals surface area contributed by atoms with Crippen LogP contribution in [0.3, 0.4) is 0 Å². The first-order chi connectivity index (χ1) is 15.4. The van der Waals surface area contributed by atoms with E-state index in [1.54, 1.807) is 24.4 Å². The predicted molar refractivity (Wildman–Crippen MR) is 116 cm³/mol. The van der Waals surface area contributed by atoms with E-state index in [9.17, 15) is 9.59 Å². The van der Waals surface area contributed by atoms with Gasteiger partial charge in [0.15, 0.2) is 6.10 Å². The van der Waals surface area contributed by atoms with Crippen molar-refractivity contribution < 1.29 is 23.8 Å². The quantitative estimate of drug-likeness (QED) is 0.621. The van der Waals surface area contributed by atoms with Crippen LogP contribution >= 0.6 is 23.2 Å². The smallest absolute Gasteiger partial charge is 0.332 e. The zero-order chi connectivity index (χ0) is 22.3.